The van der Waals surface area contributed by atoms with Crippen LogP contribution in [0.3, 0.4) is 0 Å². The van der Waals surface area contributed by atoms with Crippen molar-refractivity contribution >= 4 is 17.6 Å². The third-order valence-corrected chi connectivity index (χ3v) is 5.15. The number of benzene rings is 1. The minimum atomic E-state index is -1.00. The maximum absolute atomic E-state index is 14.6. The fourth-order valence-corrected chi connectivity index (χ4v) is 3.63. The molecule has 7 heteroatoms. The van der Waals surface area contributed by atoms with Crippen molar-refractivity contribution in [1.29, 1.82) is 0 Å². The van der Waals surface area contributed by atoms with E-state index < -0.39 is 23.7 Å². The summed E-state index contributed by atoms with van der Waals surface area (Å²) in [4.78, 5) is 29.4. The zero-order chi connectivity index (χ0) is 18.0. The molecule has 136 valence electrons. The zero-order valence-corrected chi connectivity index (χ0v) is 14.4. The normalized spacial score (nSPS) is 21.6. The molecular formula is C18H24FN3O3. The summed E-state index contributed by atoms with van der Waals surface area (Å²) in [6, 6.07) is 3.67. The SMILES string of the molecule is CCN1CCN(c2ccc(C(=O)N3CCC[C@@H]3C(=O)O)cc2F)CC1. The molecule has 0 bridgehead atoms. The molecular weight excluding hydrogens is 325 g/mol. The van der Waals surface area contributed by atoms with Crippen molar-refractivity contribution in [2.24, 2.45) is 0 Å². The summed E-state index contributed by atoms with van der Waals surface area (Å²) in [5.74, 6) is -1.84. The number of aliphatic carboxylic acids is 1. The van der Waals surface area contributed by atoms with E-state index in [1.807, 2.05) is 4.90 Å². The van der Waals surface area contributed by atoms with E-state index in [1.165, 1.54) is 11.0 Å². The minimum Gasteiger partial charge on any atom is -0.480 e. The predicted octanol–water partition coefficient (Wildman–Crippen LogP) is 1.66. The van der Waals surface area contributed by atoms with Gasteiger partial charge in [0, 0.05) is 38.3 Å². The molecule has 6 nitrogen and oxygen atoms in total. The molecule has 0 radical (unpaired) electrons. The Labute approximate surface area is 146 Å². The quantitative estimate of drug-likeness (QED) is 0.896. The molecule has 1 amide bonds. The summed E-state index contributed by atoms with van der Waals surface area (Å²) in [5, 5.41) is 9.21. The highest BCUT2D eigenvalue weighted by molar-refractivity contribution is 5.97. The first-order valence-corrected chi connectivity index (χ1v) is 8.82. The summed E-state index contributed by atoms with van der Waals surface area (Å²) >= 11 is 0. The van der Waals surface area contributed by atoms with Gasteiger partial charge >= 0.3 is 5.97 Å². The molecule has 2 aliphatic rings. The van der Waals surface area contributed by atoms with Crippen LogP contribution in [0, 0.1) is 5.82 Å². The van der Waals surface area contributed by atoms with Crippen LogP contribution in [0.5, 0.6) is 0 Å². The Hall–Kier alpha value is -2.15. The monoisotopic (exact) mass is 349 g/mol. The third kappa shape index (κ3) is 3.61. The van der Waals surface area contributed by atoms with Crippen LogP contribution in [0.4, 0.5) is 10.1 Å². The van der Waals surface area contributed by atoms with Gasteiger partial charge in [-0.3, -0.25) is 4.79 Å². The van der Waals surface area contributed by atoms with Crippen LogP contribution >= 0.6 is 0 Å². The average Bonchev–Trinajstić information content (AvgIpc) is 3.11. The van der Waals surface area contributed by atoms with Crippen LogP contribution in [0.15, 0.2) is 18.2 Å². The Morgan fingerprint density at radius 1 is 1.20 bits per heavy atom. The summed E-state index contributed by atoms with van der Waals surface area (Å²) in [5.41, 5.74) is 0.713. The minimum absolute atomic E-state index is 0.210. The Kier molecular flexibility index (Phi) is 5.22. The summed E-state index contributed by atoms with van der Waals surface area (Å²) in [6.45, 7) is 6.80. The van der Waals surface area contributed by atoms with Crippen molar-refractivity contribution in [3.8, 4) is 0 Å². The van der Waals surface area contributed by atoms with Gasteiger partial charge < -0.3 is 19.8 Å². The van der Waals surface area contributed by atoms with E-state index in [-0.39, 0.29) is 5.56 Å². The van der Waals surface area contributed by atoms with Crippen molar-refractivity contribution in [3.63, 3.8) is 0 Å². The number of amides is 1. The van der Waals surface area contributed by atoms with Gasteiger partial charge in [0.05, 0.1) is 5.69 Å². The maximum Gasteiger partial charge on any atom is 0.326 e. The molecule has 2 aliphatic heterocycles. The van der Waals surface area contributed by atoms with Crippen molar-refractivity contribution < 1.29 is 19.1 Å². The molecule has 0 aromatic heterocycles. The van der Waals surface area contributed by atoms with Gasteiger partial charge in [0.25, 0.3) is 5.91 Å². The van der Waals surface area contributed by atoms with Gasteiger partial charge in [-0.1, -0.05) is 6.92 Å². The number of carbonyl (C=O) groups is 2. The lowest BCUT2D eigenvalue weighted by atomic mass is 10.1. The molecule has 1 N–H and O–H groups in total. The topological polar surface area (TPSA) is 64.1 Å². The maximum atomic E-state index is 14.6. The van der Waals surface area contributed by atoms with Crippen LogP contribution in [-0.4, -0.2) is 72.1 Å². The molecule has 2 heterocycles. The van der Waals surface area contributed by atoms with Crippen LogP contribution in [0.2, 0.25) is 0 Å². The number of halogens is 1. The van der Waals surface area contributed by atoms with Crippen LogP contribution < -0.4 is 4.90 Å². The van der Waals surface area contributed by atoms with Gasteiger partial charge in [0.1, 0.15) is 11.9 Å². The number of likely N-dealkylation sites (N-methyl/N-ethyl adjacent to an activating group) is 1. The number of hydrogen-bond acceptors (Lipinski definition) is 4. The summed E-state index contributed by atoms with van der Waals surface area (Å²) in [7, 11) is 0. The second-order valence-electron chi connectivity index (χ2n) is 6.58. The Morgan fingerprint density at radius 3 is 2.52 bits per heavy atom. The average molecular weight is 349 g/mol. The van der Waals surface area contributed by atoms with Gasteiger partial charge in [-0.2, -0.15) is 0 Å². The smallest absolute Gasteiger partial charge is 0.326 e. The highest BCUT2D eigenvalue weighted by Crippen LogP contribution is 2.25. The van der Waals surface area contributed by atoms with E-state index in [0.29, 0.717) is 25.1 Å². The van der Waals surface area contributed by atoms with Gasteiger partial charge in [-0.15, -0.1) is 0 Å². The molecule has 2 saturated heterocycles. The lowest BCUT2D eigenvalue weighted by Crippen LogP contribution is -2.46. The first kappa shape index (κ1) is 17.7. The molecule has 0 unspecified atom stereocenters. The first-order valence-electron chi connectivity index (χ1n) is 8.82. The number of nitrogens with zero attached hydrogens (tertiary/aromatic N) is 3. The highest BCUT2D eigenvalue weighted by atomic mass is 19.1. The number of rotatable bonds is 4. The van der Waals surface area contributed by atoms with Crippen LogP contribution in [0.25, 0.3) is 0 Å². The van der Waals surface area contributed by atoms with Crippen molar-refractivity contribution in [2.75, 3.05) is 44.2 Å². The van der Waals surface area contributed by atoms with Crippen molar-refractivity contribution in [2.45, 2.75) is 25.8 Å². The number of carboxylic acids is 1. The Morgan fingerprint density at radius 2 is 1.92 bits per heavy atom. The number of carbonyl (C=O) groups excluding carboxylic acids is 1. The summed E-state index contributed by atoms with van der Waals surface area (Å²) < 4.78 is 14.6. The molecule has 0 aliphatic carbocycles. The van der Waals surface area contributed by atoms with E-state index in [1.54, 1.807) is 12.1 Å². The Balaban J connectivity index is 1.73. The predicted molar refractivity (Wildman–Crippen MR) is 92.4 cm³/mol. The molecule has 0 saturated carbocycles. The van der Waals surface area contributed by atoms with Crippen LogP contribution in [0.1, 0.15) is 30.1 Å². The number of likely N-dealkylation sites (tertiary alicyclic amines) is 1. The number of anilines is 1. The van der Waals surface area contributed by atoms with E-state index >= 15 is 0 Å². The fourth-order valence-electron chi connectivity index (χ4n) is 3.63. The molecule has 2 fully saturated rings. The van der Waals surface area contributed by atoms with E-state index in [4.69, 9.17) is 0 Å². The molecule has 25 heavy (non-hydrogen) atoms. The van der Waals surface area contributed by atoms with E-state index in [0.717, 1.165) is 32.7 Å². The van der Waals surface area contributed by atoms with Gasteiger partial charge in [-0.05, 0) is 37.6 Å². The standard InChI is InChI=1S/C18H24FN3O3/c1-2-20-8-10-21(11-9-20)15-6-5-13(12-14(15)19)17(23)22-7-3-4-16(22)18(24)25/h5-6,12,16H,2-4,7-11H2,1H3,(H,24,25)/t16-/m1/s1. The largest absolute Gasteiger partial charge is 0.480 e. The number of piperazine rings is 1. The molecule has 1 atom stereocenters. The first-order chi connectivity index (χ1) is 12.0. The third-order valence-electron chi connectivity index (χ3n) is 5.15. The number of hydrogen-bond donors (Lipinski definition) is 1. The molecule has 0 spiro atoms. The highest BCUT2D eigenvalue weighted by Gasteiger charge is 2.34. The van der Waals surface area contributed by atoms with Gasteiger partial charge in [-0.25, -0.2) is 9.18 Å². The Bertz CT molecular complexity index is 659. The van der Waals surface area contributed by atoms with Gasteiger partial charge in [0.15, 0.2) is 0 Å². The molecule has 3 rings (SSSR count). The van der Waals surface area contributed by atoms with Crippen molar-refractivity contribution in [1.82, 2.24) is 9.80 Å². The van der Waals surface area contributed by atoms with Crippen LogP contribution in [-0.2, 0) is 4.79 Å². The van der Waals surface area contributed by atoms with E-state index in [9.17, 15) is 19.1 Å². The molecule has 1 aromatic carbocycles. The fraction of sp³-hybridized carbons (Fsp3) is 0.556. The molecule has 1 aromatic rings. The zero-order valence-electron chi connectivity index (χ0n) is 14.4. The summed E-state index contributed by atoms with van der Waals surface area (Å²) in [6.07, 6.45) is 1.11. The lowest BCUT2D eigenvalue weighted by molar-refractivity contribution is -0.141. The number of carboxylic acid groups (broad SMARTS) is 1. The second kappa shape index (κ2) is 7.39. The lowest BCUT2D eigenvalue weighted by Gasteiger charge is -2.35. The second-order valence-corrected chi connectivity index (χ2v) is 6.58. The van der Waals surface area contributed by atoms with E-state index in [2.05, 4.69) is 11.8 Å². The van der Waals surface area contributed by atoms with Crippen molar-refractivity contribution in [3.05, 3.63) is 29.6 Å². The van der Waals surface area contributed by atoms with Gasteiger partial charge in [0.2, 0.25) is 0 Å².